The molecule has 13 heteroatoms. The summed E-state index contributed by atoms with van der Waals surface area (Å²) in [6, 6.07) is 13.8. The molecule has 1 fully saturated rings. The zero-order valence-electron chi connectivity index (χ0n) is 25.4. The predicted octanol–water partition coefficient (Wildman–Crippen LogP) is 5.35. The molecule has 1 amide bonds. The second-order valence-corrected chi connectivity index (χ2v) is 13.2. The van der Waals surface area contributed by atoms with E-state index in [9.17, 15) is 18.0 Å². The second-order valence-electron chi connectivity index (χ2n) is 11.3. The molecule has 0 radical (unpaired) electrons. The highest BCUT2D eigenvalue weighted by Crippen LogP contribution is 2.40. The first-order valence-corrected chi connectivity index (χ1v) is 16.1. The van der Waals surface area contributed by atoms with Crippen molar-refractivity contribution in [3.8, 4) is 11.1 Å². The maximum Gasteiger partial charge on any atom is 0.407 e. The molecule has 2 aromatic carbocycles. The highest BCUT2D eigenvalue weighted by molar-refractivity contribution is 7.90. The Morgan fingerprint density at radius 1 is 1.00 bits per heavy atom. The van der Waals surface area contributed by atoms with Crippen molar-refractivity contribution in [3.05, 3.63) is 72.7 Å². The molecule has 2 atom stereocenters. The number of aromatic nitrogens is 4. The minimum atomic E-state index is -4.08. The number of nitrogens with one attached hydrogen (secondary N) is 2. The molecule has 2 N–H and O–H groups in total. The van der Waals surface area contributed by atoms with Gasteiger partial charge in [0.05, 0.1) is 41.9 Å². The summed E-state index contributed by atoms with van der Waals surface area (Å²) in [6.45, 7) is 4.10. The van der Waals surface area contributed by atoms with Gasteiger partial charge in [-0.05, 0) is 62.9 Å². The van der Waals surface area contributed by atoms with E-state index in [1.807, 2.05) is 22.9 Å². The van der Waals surface area contributed by atoms with Crippen LogP contribution in [0.3, 0.4) is 0 Å². The Hall–Kier alpha value is -4.91. The van der Waals surface area contributed by atoms with E-state index >= 15 is 0 Å². The molecule has 234 valence electrons. The largest absolute Gasteiger partial charge is 0.465 e. The van der Waals surface area contributed by atoms with Crippen LogP contribution in [0.1, 0.15) is 49.5 Å². The Morgan fingerprint density at radius 3 is 2.47 bits per heavy atom. The monoisotopic (exact) mass is 630 g/mol. The first-order chi connectivity index (χ1) is 21.6. The van der Waals surface area contributed by atoms with E-state index in [1.165, 1.54) is 32.5 Å². The lowest BCUT2D eigenvalue weighted by Gasteiger charge is -2.19. The number of rotatable bonds is 8. The van der Waals surface area contributed by atoms with E-state index in [0.717, 1.165) is 20.4 Å². The highest BCUT2D eigenvalue weighted by Gasteiger charge is 2.31. The molecule has 1 aliphatic rings. The molecule has 0 aliphatic heterocycles. The number of pyridine rings is 1. The first-order valence-electron chi connectivity index (χ1n) is 14.6. The number of anilines is 1. The van der Waals surface area contributed by atoms with Crippen LogP contribution in [0.4, 0.5) is 10.5 Å². The van der Waals surface area contributed by atoms with Gasteiger partial charge in [-0.25, -0.2) is 27.0 Å². The number of hydrogen-bond donors (Lipinski definition) is 2. The Labute approximate surface area is 260 Å². The van der Waals surface area contributed by atoms with Gasteiger partial charge in [0.15, 0.2) is 5.65 Å². The number of carbonyl (C=O) groups excluding carboxylic acids is 2. The average molecular weight is 631 g/mol. The summed E-state index contributed by atoms with van der Waals surface area (Å²) < 4.78 is 41.0. The lowest BCUT2D eigenvalue weighted by Crippen LogP contribution is -2.33. The van der Waals surface area contributed by atoms with Crippen LogP contribution >= 0.6 is 0 Å². The van der Waals surface area contributed by atoms with E-state index in [0.29, 0.717) is 35.9 Å². The van der Waals surface area contributed by atoms with Gasteiger partial charge in [0.1, 0.15) is 5.56 Å². The van der Waals surface area contributed by atoms with Crippen molar-refractivity contribution in [2.24, 2.45) is 0 Å². The summed E-state index contributed by atoms with van der Waals surface area (Å²) in [5, 5.41) is 12.2. The molecule has 3 aromatic heterocycles. The number of ether oxygens (including phenoxy) is 2. The van der Waals surface area contributed by atoms with E-state index in [2.05, 4.69) is 34.6 Å². The maximum atomic E-state index is 14.0. The highest BCUT2D eigenvalue weighted by atomic mass is 32.2. The summed E-state index contributed by atoms with van der Waals surface area (Å²) in [7, 11) is -1.48. The van der Waals surface area contributed by atoms with Gasteiger partial charge < -0.3 is 20.1 Å². The van der Waals surface area contributed by atoms with Crippen molar-refractivity contribution in [2.75, 3.05) is 19.5 Å². The number of nitrogens with zero attached hydrogens (tertiary/aromatic N) is 4. The van der Waals surface area contributed by atoms with Gasteiger partial charge >= 0.3 is 12.1 Å². The minimum Gasteiger partial charge on any atom is -0.465 e. The molecule has 0 saturated heterocycles. The zero-order chi connectivity index (χ0) is 31.9. The van der Waals surface area contributed by atoms with Crippen LogP contribution in [-0.2, 0) is 19.5 Å². The third-order valence-electron chi connectivity index (χ3n) is 8.17. The van der Waals surface area contributed by atoms with Gasteiger partial charge in [-0.2, -0.15) is 5.10 Å². The molecule has 1 saturated carbocycles. The number of carbonyl (C=O) groups is 2. The summed E-state index contributed by atoms with van der Waals surface area (Å²) >= 11 is 0. The molecule has 0 bridgehead atoms. The normalized spacial score (nSPS) is 16.7. The number of esters is 1. The van der Waals surface area contributed by atoms with Crippen molar-refractivity contribution in [1.29, 1.82) is 0 Å². The summed E-state index contributed by atoms with van der Waals surface area (Å²) in [4.78, 5) is 29.6. The van der Waals surface area contributed by atoms with Crippen molar-refractivity contribution in [3.63, 3.8) is 0 Å². The Kier molecular flexibility index (Phi) is 7.96. The third-order valence-corrected chi connectivity index (χ3v) is 9.84. The topological polar surface area (TPSA) is 146 Å². The van der Waals surface area contributed by atoms with Crippen LogP contribution in [0, 0.1) is 0 Å². The first kappa shape index (κ1) is 30.1. The summed E-state index contributed by atoms with van der Waals surface area (Å²) in [5.41, 5.74) is 2.96. The molecule has 1 aliphatic carbocycles. The van der Waals surface area contributed by atoms with E-state index < -0.39 is 22.1 Å². The van der Waals surface area contributed by atoms with Crippen LogP contribution in [0.5, 0.6) is 0 Å². The van der Waals surface area contributed by atoms with E-state index in [4.69, 9.17) is 9.47 Å². The van der Waals surface area contributed by atoms with Crippen LogP contribution in [-0.4, -0.2) is 65.5 Å². The minimum absolute atomic E-state index is 0.1000. The van der Waals surface area contributed by atoms with Crippen LogP contribution in [0.15, 0.2) is 72.0 Å². The quantitative estimate of drug-likeness (QED) is 0.217. The number of methoxy groups -OCH3 is 2. The van der Waals surface area contributed by atoms with Gasteiger partial charge in [0.2, 0.25) is 0 Å². The molecule has 3 heterocycles. The number of alkyl carbamates (subject to hydrolysis) is 1. The lowest BCUT2D eigenvalue weighted by molar-refractivity contribution is 0.0601. The maximum absolute atomic E-state index is 14.0. The van der Waals surface area contributed by atoms with Gasteiger partial charge in [0, 0.05) is 41.5 Å². The fraction of sp³-hybridized carbons (Fsp3) is 0.312. The number of benzene rings is 2. The average Bonchev–Trinajstić information content (AvgIpc) is 3.78. The van der Waals surface area contributed by atoms with Gasteiger partial charge in [-0.15, -0.1) is 0 Å². The van der Waals surface area contributed by atoms with Crippen molar-refractivity contribution >= 4 is 49.7 Å². The van der Waals surface area contributed by atoms with Gasteiger partial charge in [-0.1, -0.05) is 24.3 Å². The fourth-order valence-electron chi connectivity index (χ4n) is 5.99. The summed E-state index contributed by atoms with van der Waals surface area (Å²) in [6.07, 6.45) is 6.12. The predicted molar refractivity (Wildman–Crippen MR) is 170 cm³/mol. The number of amides is 1. The SMILES string of the molecule is COC(=O)N[C@@H]1CC[C@@H](Nc2c(C(=O)OC)cnc3c2c(-c2ccc4c(cnn4C(C)C)c2)cn3S(=O)(=O)c2ccccc2)C1. The third kappa shape index (κ3) is 5.48. The van der Waals surface area contributed by atoms with E-state index in [1.54, 1.807) is 30.6 Å². The molecule has 6 rings (SSSR count). The van der Waals surface area contributed by atoms with Gasteiger partial charge in [-0.3, -0.25) is 4.68 Å². The Bertz CT molecular complexity index is 2020. The Balaban J connectivity index is 1.57. The molecule has 0 spiro atoms. The smallest absolute Gasteiger partial charge is 0.407 e. The number of fused-ring (bicyclic) bond motifs is 2. The van der Waals surface area contributed by atoms with Gasteiger partial charge in [0.25, 0.3) is 10.0 Å². The Morgan fingerprint density at radius 2 is 1.76 bits per heavy atom. The van der Waals surface area contributed by atoms with E-state index in [-0.39, 0.29) is 34.2 Å². The molecule has 0 unspecified atom stereocenters. The standard InChI is InChI=1S/C32H34N6O6S/c1-19(2)38-27-13-10-20(14-21(27)16-34-38)26-18-37(45(41,42)24-8-6-5-7-9-24)30-28(26)29(25(17-33-30)31(39)43-3)35-22-11-12-23(15-22)36-32(40)44-4/h5-10,13-14,16-19,22-23H,11-12,15H2,1-4H3,(H,33,35)(H,36,40)/t22-,23-/m1/s1. The molecule has 5 aromatic rings. The molecule has 12 nitrogen and oxygen atoms in total. The summed E-state index contributed by atoms with van der Waals surface area (Å²) in [5.74, 6) is -0.618. The lowest BCUT2D eigenvalue weighted by atomic mass is 10.0. The molecular formula is C32H34N6O6S. The fourth-order valence-corrected chi connectivity index (χ4v) is 7.33. The van der Waals surface area contributed by atoms with Crippen molar-refractivity contribution < 1.29 is 27.5 Å². The van der Waals surface area contributed by atoms with Crippen LogP contribution < -0.4 is 10.6 Å². The number of hydrogen-bond acceptors (Lipinski definition) is 9. The molecular weight excluding hydrogens is 596 g/mol. The van der Waals surface area contributed by atoms with Crippen molar-refractivity contribution in [2.45, 2.75) is 56.1 Å². The second kappa shape index (κ2) is 11.9. The van der Waals surface area contributed by atoms with Crippen LogP contribution in [0.25, 0.3) is 33.1 Å². The zero-order valence-corrected chi connectivity index (χ0v) is 26.2. The molecule has 45 heavy (non-hydrogen) atoms. The van der Waals surface area contributed by atoms with Crippen LogP contribution in [0.2, 0.25) is 0 Å². The van der Waals surface area contributed by atoms with Crippen molar-refractivity contribution in [1.82, 2.24) is 24.1 Å².